The van der Waals surface area contributed by atoms with Gasteiger partial charge in [-0.1, -0.05) is 131 Å². The van der Waals surface area contributed by atoms with Crippen LogP contribution < -0.4 is 20.4 Å². The summed E-state index contributed by atoms with van der Waals surface area (Å²) in [4.78, 5) is 31.7. The van der Waals surface area contributed by atoms with Gasteiger partial charge >= 0.3 is 6.09 Å². The third kappa shape index (κ3) is 14.3. The first-order valence-electron chi connectivity index (χ1n) is 26.9. The van der Waals surface area contributed by atoms with Gasteiger partial charge in [-0.15, -0.1) is 11.8 Å². The summed E-state index contributed by atoms with van der Waals surface area (Å²) in [5.41, 5.74) is 12.0. The van der Waals surface area contributed by atoms with Crippen LogP contribution in [0.25, 0.3) is 11.1 Å². The predicted octanol–water partition coefficient (Wildman–Crippen LogP) is 10.9. The highest BCUT2D eigenvalue weighted by Gasteiger charge is 2.43. The zero-order chi connectivity index (χ0) is 54.8. The minimum atomic E-state index is -4.07. The van der Waals surface area contributed by atoms with E-state index in [0.717, 1.165) is 52.4 Å². The molecule has 0 fully saturated rings. The number of allylic oxidation sites excluding steroid dienone is 6. The maximum atomic E-state index is 13.3. The number of unbranched alkanes of at least 4 members (excludes halogenated alkanes) is 2. The summed E-state index contributed by atoms with van der Waals surface area (Å²) in [6, 6.07) is 33.0. The van der Waals surface area contributed by atoms with E-state index in [-0.39, 0.29) is 73.0 Å². The van der Waals surface area contributed by atoms with Gasteiger partial charge in [0, 0.05) is 77.1 Å². The SMILES string of the molecule is CC1(C)C(=CC=C2CCCC(C=CC3N(CCCCS(=O)(=O)O)c4ccccc4C3(C)C)=C2SCCC(=O)NCCOCCNC(=O)OCC2c3ccccc3-c3ccccc32)N(CCCCS(=O)(=O)O)c2ccccc21. The molecule has 1 unspecified atom stereocenters. The van der Waals surface area contributed by atoms with E-state index in [1.54, 1.807) is 11.8 Å². The highest BCUT2D eigenvalue weighted by atomic mass is 32.2. The Morgan fingerprint density at radius 3 is 2.00 bits per heavy atom. The third-order valence-corrected chi connectivity index (χ3v) is 18.1. The van der Waals surface area contributed by atoms with Crippen LogP contribution in [-0.4, -0.2) is 107 Å². The molecule has 4 aromatic carbocycles. The van der Waals surface area contributed by atoms with Crippen molar-refractivity contribution in [3.63, 3.8) is 0 Å². The van der Waals surface area contributed by atoms with Crippen molar-refractivity contribution in [2.45, 2.75) is 102 Å². The van der Waals surface area contributed by atoms with E-state index < -0.39 is 26.3 Å². The molecule has 412 valence electrons. The lowest BCUT2D eigenvalue weighted by Crippen LogP contribution is -2.40. The van der Waals surface area contributed by atoms with Crippen LogP contribution in [0.15, 0.2) is 143 Å². The largest absolute Gasteiger partial charge is 0.449 e. The van der Waals surface area contributed by atoms with Crippen LogP contribution in [0.3, 0.4) is 0 Å². The highest BCUT2D eigenvalue weighted by Crippen LogP contribution is 2.50. The maximum Gasteiger partial charge on any atom is 0.407 e. The van der Waals surface area contributed by atoms with Crippen LogP contribution in [0.1, 0.15) is 107 Å². The van der Waals surface area contributed by atoms with E-state index in [4.69, 9.17) is 9.47 Å². The molecule has 2 amide bonds. The van der Waals surface area contributed by atoms with E-state index in [9.17, 15) is 35.5 Å². The zero-order valence-electron chi connectivity index (χ0n) is 44.7. The average Bonchev–Trinajstić information content (AvgIpc) is 3.94. The molecule has 0 saturated carbocycles. The summed E-state index contributed by atoms with van der Waals surface area (Å²) in [5, 5.41) is 5.76. The van der Waals surface area contributed by atoms with Gasteiger partial charge in [-0.3, -0.25) is 13.9 Å². The Balaban J connectivity index is 0.918. The van der Waals surface area contributed by atoms with Crippen molar-refractivity contribution in [2.75, 3.05) is 73.1 Å². The molecule has 2 aliphatic heterocycles. The number of hydrogen-bond donors (Lipinski definition) is 4. The number of nitrogens with one attached hydrogen (secondary N) is 2. The molecule has 14 nitrogen and oxygen atoms in total. The Bertz CT molecular complexity index is 3080. The van der Waals surface area contributed by atoms with Gasteiger partial charge in [-0.05, 0) is 108 Å². The normalized spacial score (nSPS) is 18.7. The van der Waals surface area contributed by atoms with Crippen molar-refractivity contribution >= 4 is 55.4 Å². The number of hydrogen-bond acceptors (Lipinski definition) is 11. The van der Waals surface area contributed by atoms with Crippen molar-refractivity contribution in [1.29, 1.82) is 0 Å². The number of carbonyl (C=O) groups excluding carboxylic acids is 2. The zero-order valence-corrected chi connectivity index (χ0v) is 47.2. The van der Waals surface area contributed by atoms with Gasteiger partial charge in [-0.2, -0.15) is 16.8 Å². The summed E-state index contributed by atoms with van der Waals surface area (Å²) in [6.07, 6.45) is 13.2. The lowest BCUT2D eigenvalue weighted by Gasteiger charge is -2.33. The summed E-state index contributed by atoms with van der Waals surface area (Å²) in [7, 11) is -8.13. The van der Waals surface area contributed by atoms with Crippen LogP contribution in [0.2, 0.25) is 0 Å². The number of carbonyl (C=O) groups is 2. The molecule has 0 spiro atoms. The van der Waals surface area contributed by atoms with Crippen LogP contribution in [0, 0.1) is 0 Å². The van der Waals surface area contributed by atoms with E-state index in [0.29, 0.717) is 51.1 Å². The Morgan fingerprint density at radius 2 is 1.32 bits per heavy atom. The number of benzene rings is 4. The monoisotopic (exact) mass is 1110 g/mol. The number of nitrogens with zero attached hydrogens (tertiary/aromatic N) is 2. The molecular formula is C60H74N4O10S3. The second kappa shape index (κ2) is 25.4. The number of fused-ring (bicyclic) bond motifs is 5. The summed E-state index contributed by atoms with van der Waals surface area (Å²) < 4.78 is 76.6. The molecule has 17 heteroatoms. The molecule has 4 N–H and O–H groups in total. The van der Waals surface area contributed by atoms with Gasteiger partial charge in [0.05, 0.1) is 30.8 Å². The van der Waals surface area contributed by atoms with Crippen LogP contribution in [-0.2, 0) is 45.3 Å². The fraction of sp³-hybridized carbons (Fsp3) is 0.433. The minimum Gasteiger partial charge on any atom is -0.449 e. The van der Waals surface area contributed by atoms with Crippen molar-refractivity contribution in [1.82, 2.24) is 10.6 Å². The first-order valence-corrected chi connectivity index (χ1v) is 31.1. The molecule has 0 bridgehead atoms. The molecule has 4 aromatic rings. The number of alkyl carbamates (subject to hydrolysis) is 1. The molecule has 8 rings (SSSR count). The lowest BCUT2D eigenvalue weighted by molar-refractivity contribution is -0.120. The van der Waals surface area contributed by atoms with Crippen molar-refractivity contribution in [2.24, 2.45) is 0 Å². The van der Waals surface area contributed by atoms with Gasteiger partial charge in [0.1, 0.15) is 6.61 Å². The standard InChI is InChI=1S/C60H74N4O10S3/c1-59(2)50-24-9-11-26-52(50)63(35-13-15-40-76(67,68)69)54(59)30-28-43-18-17-19-44(29-31-55-60(3,4)51-25-10-12-27-53(51)64(55)36-14-16-41-77(70,71)72)57(43)75-39-32-56(65)61-33-37-73-38-34-62-58(66)74-42-49-47-22-7-5-20-45(47)46-21-6-8-23-48(46)49/h5-12,20-31,49,54H,13-19,32-42H2,1-4H3,(H,61,65)(H,62,66)(H,67,68,69)(H,70,71,72). The minimum absolute atomic E-state index is 0.0267. The molecule has 0 saturated heterocycles. The quantitative estimate of drug-likeness (QED) is 0.0362. The van der Waals surface area contributed by atoms with E-state index >= 15 is 0 Å². The third-order valence-electron chi connectivity index (χ3n) is 15.3. The highest BCUT2D eigenvalue weighted by molar-refractivity contribution is 8.03. The second-order valence-electron chi connectivity index (χ2n) is 21.3. The van der Waals surface area contributed by atoms with E-state index in [1.807, 2.05) is 42.5 Å². The number of rotatable bonds is 25. The van der Waals surface area contributed by atoms with Crippen LogP contribution in [0.4, 0.5) is 16.2 Å². The number of anilines is 2. The molecule has 77 heavy (non-hydrogen) atoms. The van der Waals surface area contributed by atoms with E-state index in [2.05, 4.69) is 127 Å². The summed E-state index contributed by atoms with van der Waals surface area (Å²) in [6.45, 7) is 11.5. The van der Waals surface area contributed by atoms with Gasteiger partial charge in [0.15, 0.2) is 0 Å². The molecule has 4 aliphatic rings. The fourth-order valence-corrected chi connectivity index (χ4v) is 13.8. The lowest BCUT2D eigenvalue weighted by atomic mass is 9.80. The van der Waals surface area contributed by atoms with Crippen molar-refractivity contribution in [3.05, 3.63) is 165 Å². The smallest absolute Gasteiger partial charge is 0.407 e. The first-order chi connectivity index (χ1) is 36.8. The second-order valence-corrected chi connectivity index (χ2v) is 25.5. The average molecular weight is 1110 g/mol. The molecular weight excluding hydrogens is 1030 g/mol. The summed E-state index contributed by atoms with van der Waals surface area (Å²) >= 11 is 1.68. The Labute approximate surface area is 460 Å². The molecule has 2 aliphatic carbocycles. The van der Waals surface area contributed by atoms with Crippen LogP contribution >= 0.6 is 11.8 Å². The number of amides is 2. The Kier molecular flexibility index (Phi) is 19.0. The summed E-state index contributed by atoms with van der Waals surface area (Å²) in [5.74, 6) is -0.152. The van der Waals surface area contributed by atoms with E-state index in [1.165, 1.54) is 33.4 Å². The molecule has 0 aromatic heterocycles. The molecule has 2 heterocycles. The molecule has 0 radical (unpaired) electrons. The van der Waals surface area contributed by atoms with Gasteiger partial charge < -0.3 is 29.9 Å². The first kappa shape index (κ1) is 57.5. The van der Waals surface area contributed by atoms with Gasteiger partial charge in [-0.25, -0.2) is 4.79 Å². The topological polar surface area (TPSA) is 192 Å². The predicted molar refractivity (Wildman–Crippen MR) is 309 cm³/mol. The fourth-order valence-electron chi connectivity index (χ4n) is 11.4. The van der Waals surface area contributed by atoms with Gasteiger partial charge in [0.25, 0.3) is 20.2 Å². The number of ether oxygens (including phenoxy) is 2. The maximum absolute atomic E-state index is 13.3. The number of thioether (sulfide) groups is 1. The van der Waals surface area contributed by atoms with Crippen molar-refractivity contribution < 1.29 is 45.0 Å². The van der Waals surface area contributed by atoms with Crippen molar-refractivity contribution in [3.8, 4) is 11.1 Å². The van der Waals surface area contributed by atoms with Gasteiger partial charge in [0.2, 0.25) is 5.91 Å². The number of para-hydroxylation sites is 2. The Hall–Kier alpha value is -5.69. The van der Waals surface area contributed by atoms with Crippen LogP contribution in [0.5, 0.6) is 0 Å². The Morgan fingerprint density at radius 1 is 0.727 bits per heavy atom. The molecule has 1 atom stereocenters.